The molecule has 0 unspecified atom stereocenters. The molecule has 0 aliphatic rings. The van der Waals surface area contributed by atoms with Gasteiger partial charge in [0.25, 0.3) is 0 Å². The van der Waals surface area contributed by atoms with Crippen molar-refractivity contribution >= 4 is 34.6 Å². The second kappa shape index (κ2) is 5.90. The summed E-state index contributed by atoms with van der Waals surface area (Å²) in [6.07, 6.45) is 3.13. The molecule has 0 aliphatic carbocycles. The zero-order chi connectivity index (χ0) is 11.3. The zero-order valence-electron chi connectivity index (χ0n) is 8.74. The van der Waals surface area contributed by atoms with E-state index in [0.29, 0.717) is 0 Å². The fourth-order valence-electron chi connectivity index (χ4n) is 1.01. The summed E-state index contributed by atoms with van der Waals surface area (Å²) in [6.45, 7) is 3.66. The minimum Gasteiger partial charge on any atom is -0.460 e. The highest BCUT2D eigenvalue weighted by molar-refractivity contribution is 14.1. The molecule has 80 valence electrons. The molecular weight excluding hydrogens is 303 g/mol. The molecule has 0 N–H and O–H groups in total. The number of carbonyl (C=O) groups excluding carboxylic acids is 1. The van der Waals surface area contributed by atoms with E-state index < -0.39 is 0 Å². The highest BCUT2D eigenvalue weighted by Crippen LogP contribution is 2.08. The molecular formula is C12H13IO2. The van der Waals surface area contributed by atoms with Gasteiger partial charge in [-0.05, 0) is 60.2 Å². The minimum absolute atomic E-state index is 0.0705. The van der Waals surface area contributed by atoms with E-state index in [0.717, 1.165) is 5.56 Å². The maximum absolute atomic E-state index is 11.2. The van der Waals surface area contributed by atoms with Crippen LogP contribution >= 0.6 is 22.6 Å². The van der Waals surface area contributed by atoms with Gasteiger partial charge in [-0.2, -0.15) is 0 Å². The van der Waals surface area contributed by atoms with Gasteiger partial charge in [-0.15, -0.1) is 0 Å². The summed E-state index contributed by atoms with van der Waals surface area (Å²) in [4.78, 5) is 11.2. The molecule has 0 atom stereocenters. The Bertz CT molecular complexity index is 352. The summed E-state index contributed by atoms with van der Waals surface area (Å²) in [7, 11) is 0. The molecule has 1 rings (SSSR count). The van der Waals surface area contributed by atoms with E-state index in [9.17, 15) is 4.79 Å². The highest BCUT2D eigenvalue weighted by atomic mass is 127. The smallest absolute Gasteiger partial charge is 0.331 e. The molecule has 1 aromatic rings. The number of ether oxygens (including phenoxy) is 1. The van der Waals surface area contributed by atoms with Gasteiger partial charge in [0.2, 0.25) is 0 Å². The van der Waals surface area contributed by atoms with E-state index >= 15 is 0 Å². The Hall–Kier alpha value is -0.840. The summed E-state index contributed by atoms with van der Waals surface area (Å²) in [5.74, 6) is -0.302. The minimum atomic E-state index is -0.302. The fraction of sp³-hybridized carbons (Fsp3) is 0.250. The van der Waals surface area contributed by atoms with Gasteiger partial charge in [0.1, 0.15) is 0 Å². The monoisotopic (exact) mass is 316 g/mol. The lowest BCUT2D eigenvalue weighted by Gasteiger charge is -2.03. The molecule has 0 aromatic heterocycles. The molecule has 0 heterocycles. The highest BCUT2D eigenvalue weighted by Gasteiger charge is 1.99. The van der Waals surface area contributed by atoms with Crippen LogP contribution in [0.5, 0.6) is 0 Å². The Morgan fingerprint density at radius 1 is 1.33 bits per heavy atom. The number of esters is 1. The summed E-state index contributed by atoms with van der Waals surface area (Å²) in [6, 6.07) is 7.91. The first-order valence-electron chi connectivity index (χ1n) is 4.72. The molecule has 15 heavy (non-hydrogen) atoms. The molecule has 0 saturated heterocycles. The molecule has 0 saturated carbocycles. The van der Waals surface area contributed by atoms with Crippen molar-refractivity contribution < 1.29 is 9.53 Å². The topological polar surface area (TPSA) is 26.3 Å². The van der Waals surface area contributed by atoms with Gasteiger partial charge in [0.15, 0.2) is 0 Å². The van der Waals surface area contributed by atoms with Crippen LogP contribution in [0.1, 0.15) is 19.4 Å². The van der Waals surface area contributed by atoms with Crippen molar-refractivity contribution in [2.75, 3.05) is 0 Å². The number of hydrogen-bond donors (Lipinski definition) is 0. The zero-order valence-corrected chi connectivity index (χ0v) is 10.9. The van der Waals surface area contributed by atoms with Crippen molar-refractivity contribution in [1.29, 1.82) is 0 Å². The van der Waals surface area contributed by atoms with Crippen molar-refractivity contribution in [3.05, 3.63) is 39.5 Å². The van der Waals surface area contributed by atoms with Gasteiger partial charge in [0.05, 0.1) is 6.10 Å². The Kier molecular flexibility index (Phi) is 4.81. The molecule has 1 aromatic carbocycles. The van der Waals surface area contributed by atoms with E-state index in [-0.39, 0.29) is 12.1 Å². The SMILES string of the molecule is CC(C)OC(=O)/C=C/c1ccc(I)cc1. The predicted molar refractivity (Wildman–Crippen MR) is 69.4 cm³/mol. The summed E-state index contributed by atoms with van der Waals surface area (Å²) < 4.78 is 6.14. The van der Waals surface area contributed by atoms with Crippen LogP contribution in [-0.4, -0.2) is 12.1 Å². The summed E-state index contributed by atoms with van der Waals surface area (Å²) in [5.41, 5.74) is 0.996. The lowest BCUT2D eigenvalue weighted by atomic mass is 10.2. The first-order valence-corrected chi connectivity index (χ1v) is 5.80. The molecule has 0 amide bonds. The van der Waals surface area contributed by atoms with Crippen LogP contribution in [0.15, 0.2) is 30.3 Å². The van der Waals surface area contributed by atoms with E-state index in [2.05, 4.69) is 22.6 Å². The second-order valence-corrected chi connectivity index (χ2v) is 4.62. The van der Waals surface area contributed by atoms with Gasteiger partial charge in [-0.1, -0.05) is 12.1 Å². The maximum Gasteiger partial charge on any atom is 0.331 e. The molecule has 0 aliphatic heterocycles. The van der Waals surface area contributed by atoms with E-state index in [4.69, 9.17) is 4.74 Å². The average Bonchev–Trinajstić information content (AvgIpc) is 2.16. The molecule has 2 nitrogen and oxygen atoms in total. The average molecular weight is 316 g/mol. The lowest BCUT2D eigenvalue weighted by molar-refractivity contribution is -0.141. The van der Waals surface area contributed by atoms with Crippen LogP contribution in [0.4, 0.5) is 0 Å². The first kappa shape index (κ1) is 12.2. The Morgan fingerprint density at radius 2 is 1.93 bits per heavy atom. The maximum atomic E-state index is 11.2. The Morgan fingerprint density at radius 3 is 2.47 bits per heavy atom. The third kappa shape index (κ3) is 4.97. The van der Waals surface area contributed by atoms with Crippen LogP contribution < -0.4 is 0 Å². The largest absolute Gasteiger partial charge is 0.460 e. The van der Waals surface area contributed by atoms with E-state index in [1.165, 1.54) is 9.65 Å². The van der Waals surface area contributed by atoms with Crippen LogP contribution in [0, 0.1) is 3.57 Å². The fourth-order valence-corrected chi connectivity index (χ4v) is 1.37. The molecule has 0 fully saturated rings. The van der Waals surface area contributed by atoms with Gasteiger partial charge in [-0.25, -0.2) is 4.79 Å². The summed E-state index contributed by atoms with van der Waals surface area (Å²) >= 11 is 2.24. The van der Waals surface area contributed by atoms with Gasteiger partial charge >= 0.3 is 5.97 Å². The molecule has 0 radical (unpaired) electrons. The van der Waals surface area contributed by atoms with E-state index in [1.807, 2.05) is 38.1 Å². The van der Waals surface area contributed by atoms with Crippen molar-refractivity contribution in [2.45, 2.75) is 20.0 Å². The Labute approximate surface area is 103 Å². The number of benzene rings is 1. The molecule has 0 spiro atoms. The van der Waals surface area contributed by atoms with Crippen molar-refractivity contribution in [1.82, 2.24) is 0 Å². The van der Waals surface area contributed by atoms with Crippen molar-refractivity contribution in [2.24, 2.45) is 0 Å². The standard InChI is InChI=1S/C12H13IO2/c1-9(2)15-12(14)8-5-10-3-6-11(13)7-4-10/h3-9H,1-2H3/b8-5+. The lowest BCUT2D eigenvalue weighted by Crippen LogP contribution is -2.08. The summed E-state index contributed by atoms with van der Waals surface area (Å²) in [5, 5.41) is 0. The van der Waals surface area contributed by atoms with Crippen LogP contribution in [-0.2, 0) is 9.53 Å². The third-order valence-electron chi connectivity index (χ3n) is 1.63. The van der Waals surface area contributed by atoms with Gasteiger partial charge in [-0.3, -0.25) is 0 Å². The predicted octanol–water partition coefficient (Wildman–Crippen LogP) is 3.26. The molecule has 0 bridgehead atoms. The van der Waals surface area contributed by atoms with Crippen LogP contribution in [0.2, 0.25) is 0 Å². The number of carbonyl (C=O) groups is 1. The Balaban J connectivity index is 2.57. The van der Waals surface area contributed by atoms with Crippen molar-refractivity contribution in [3.63, 3.8) is 0 Å². The van der Waals surface area contributed by atoms with Gasteiger partial charge in [0, 0.05) is 9.65 Å². The van der Waals surface area contributed by atoms with Crippen LogP contribution in [0.25, 0.3) is 6.08 Å². The van der Waals surface area contributed by atoms with Gasteiger partial charge < -0.3 is 4.74 Å². The first-order chi connectivity index (χ1) is 7.08. The molecule has 3 heteroatoms. The number of rotatable bonds is 3. The van der Waals surface area contributed by atoms with Crippen LogP contribution in [0.3, 0.4) is 0 Å². The van der Waals surface area contributed by atoms with Crippen molar-refractivity contribution in [3.8, 4) is 0 Å². The quantitative estimate of drug-likeness (QED) is 0.486. The second-order valence-electron chi connectivity index (χ2n) is 3.37. The number of hydrogen-bond acceptors (Lipinski definition) is 2. The third-order valence-corrected chi connectivity index (χ3v) is 2.35. The normalized spacial score (nSPS) is 10.9. The number of halogens is 1. The van der Waals surface area contributed by atoms with E-state index in [1.54, 1.807) is 6.08 Å².